The largest absolute Gasteiger partial charge is 0.349 e. The highest BCUT2D eigenvalue weighted by molar-refractivity contribution is 8.03. The molecule has 23 heavy (non-hydrogen) atoms. The van der Waals surface area contributed by atoms with Crippen LogP contribution < -0.4 is 9.88 Å². The third kappa shape index (κ3) is 2.80. The first kappa shape index (κ1) is 14.5. The summed E-state index contributed by atoms with van der Waals surface area (Å²) in [5, 5.41) is 5.90. The number of hydrogen-bond donors (Lipinski definition) is 1. The number of anilines is 1. The van der Waals surface area contributed by atoms with E-state index < -0.39 is 0 Å². The van der Waals surface area contributed by atoms with Gasteiger partial charge < -0.3 is 5.32 Å². The van der Waals surface area contributed by atoms with E-state index in [0.29, 0.717) is 0 Å². The number of fused-ring (bicyclic) bond motifs is 2. The van der Waals surface area contributed by atoms with Gasteiger partial charge in [0.1, 0.15) is 11.2 Å². The lowest BCUT2D eigenvalue weighted by Crippen LogP contribution is -2.33. The summed E-state index contributed by atoms with van der Waals surface area (Å²) in [6, 6.07) is 17.0. The van der Waals surface area contributed by atoms with E-state index in [1.165, 1.54) is 30.8 Å². The average molecular weight is 337 g/mol. The zero-order chi connectivity index (χ0) is 15.6. The molecule has 2 nitrogen and oxygen atoms in total. The molecule has 0 bridgehead atoms. The highest BCUT2D eigenvalue weighted by Gasteiger charge is 2.16. The van der Waals surface area contributed by atoms with E-state index >= 15 is 0 Å². The quantitative estimate of drug-likeness (QED) is 0.654. The van der Waals surface area contributed by atoms with Crippen LogP contribution in [0.25, 0.3) is 16.3 Å². The number of nitrogens with one attached hydrogen (secondary N) is 1. The Morgan fingerprint density at radius 2 is 1.91 bits per heavy atom. The minimum absolute atomic E-state index is 0.985. The highest BCUT2D eigenvalue weighted by atomic mass is 32.2. The number of aromatic nitrogens is 1. The van der Waals surface area contributed by atoms with Gasteiger partial charge in [-0.1, -0.05) is 53.4 Å². The number of para-hydroxylation sites is 2. The number of hydrogen-bond acceptors (Lipinski definition) is 3. The summed E-state index contributed by atoms with van der Waals surface area (Å²) in [5.41, 5.74) is 2.51. The van der Waals surface area contributed by atoms with E-state index in [1.807, 2.05) is 11.3 Å². The second kappa shape index (κ2) is 6.22. The Morgan fingerprint density at radius 3 is 2.78 bits per heavy atom. The van der Waals surface area contributed by atoms with Crippen molar-refractivity contribution in [2.24, 2.45) is 0 Å². The lowest BCUT2D eigenvalue weighted by atomic mass is 10.3. The molecule has 1 aliphatic heterocycles. The molecule has 1 N–H and O–H groups in total. The molecule has 0 spiro atoms. The summed E-state index contributed by atoms with van der Waals surface area (Å²) in [6.07, 6.45) is 6.49. The summed E-state index contributed by atoms with van der Waals surface area (Å²) in [5.74, 6) is 0. The number of allylic oxidation sites excluding steroid dienone is 2. The minimum Gasteiger partial charge on any atom is -0.349 e. The molecular formula is C19H17N2S2+. The van der Waals surface area contributed by atoms with Crippen molar-refractivity contribution in [3.05, 3.63) is 70.7 Å². The van der Waals surface area contributed by atoms with Gasteiger partial charge in [0, 0.05) is 17.0 Å². The Labute approximate surface area is 144 Å². The van der Waals surface area contributed by atoms with Crippen LogP contribution in [0.2, 0.25) is 0 Å². The standard InChI is InChI=1S/C19H16N2S2/c1-2-21-15-9-4-6-11-17(15)23-19(21)13-7-12-18-20-14-8-3-5-10-16(14)22-18/h3-13H,2H2,1H3/p+1. The van der Waals surface area contributed by atoms with Crippen LogP contribution in [0.1, 0.15) is 11.9 Å². The molecule has 3 aromatic rings. The van der Waals surface area contributed by atoms with Crippen molar-refractivity contribution in [2.75, 3.05) is 5.32 Å². The van der Waals surface area contributed by atoms with Crippen LogP contribution in [0.3, 0.4) is 0 Å². The van der Waals surface area contributed by atoms with Gasteiger partial charge in [0.2, 0.25) is 5.52 Å². The fourth-order valence-corrected chi connectivity index (χ4v) is 4.79. The molecule has 2 heterocycles. The average Bonchev–Trinajstić information content (AvgIpc) is 3.14. The molecule has 0 amide bonds. The maximum Gasteiger partial charge on any atom is 0.262 e. The molecule has 1 aromatic heterocycles. The van der Waals surface area contributed by atoms with Gasteiger partial charge in [-0.25, -0.2) is 0 Å². The van der Waals surface area contributed by atoms with E-state index in [0.717, 1.165) is 6.54 Å². The molecule has 0 saturated carbocycles. The highest BCUT2D eigenvalue weighted by Crippen LogP contribution is 2.40. The molecule has 0 fully saturated rings. The summed E-state index contributed by atoms with van der Waals surface area (Å²) in [7, 11) is 0. The lowest BCUT2D eigenvalue weighted by molar-refractivity contribution is -0.665. The lowest BCUT2D eigenvalue weighted by Gasteiger charge is -1.95. The van der Waals surface area contributed by atoms with Crippen molar-refractivity contribution < 1.29 is 4.57 Å². The first-order valence-electron chi connectivity index (χ1n) is 7.69. The molecule has 0 saturated heterocycles. The molecule has 1 aliphatic rings. The van der Waals surface area contributed by atoms with Gasteiger partial charge in [-0.15, -0.1) is 0 Å². The van der Waals surface area contributed by atoms with E-state index in [1.54, 1.807) is 11.8 Å². The van der Waals surface area contributed by atoms with Gasteiger partial charge in [-0.3, -0.25) is 0 Å². The monoisotopic (exact) mass is 337 g/mol. The Kier molecular flexibility index (Phi) is 3.93. The van der Waals surface area contributed by atoms with Crippen molar-refractivity contribution in [3.63, 3.8) is 0 Å². The fraction of sp³-hybridized carbons (Fsp3) is 0.105. The summed E-state index contributed by atoms with van der Waals surface area (Å²) in [4.78, 5) is 1.29. The van der Waals surface area contributed by atoms with Crippen LogP contribution in [0.15, 0.2) is 70.6 Å². The fourth-order valence-electron chi connectivity index (χ4n) is 2.73. The first-order chi connectivity index (χ1) is 11.3. The van der Waals surface area contributed by atoms with Crippen molar-refractivity contribution in [3.8, 4) is 0 Å². The third-order valence-electron chi connectivity index (χ3n) is 3.80. The molecular weight excluding hydrogens is 320 g/mol. The Bertz CT molecular complexity index is 895. The number of aryl methyl sites for hydroxylation is 1. The number of rotatable bonds is 3. The van der Waals surface area contributed by atoms with Crippen molar-refractivity contribution in [2.45, 2.75) is 18.4 Å². The second-order valence-corrected chi connectivity index (χ2v) is 7.41. The maximum atomic E-state index is 3.45. The number of benzene rings is 2. The van der Waals surface area contributed by atoms with Crippen LogP contribution >= 0.6 is 23.1 Å². The van der Waals surface area contributed by atoms with Crippen molar-refractivity contribution in [1.82, 2.24) is 0 Å². The molecule has 0 unspecified atom stereocenters. The number of thiazole rings is 1. The molecule has 2 aromatic carbocycles. The van der Waals surface area contributed by atoms with E-state index in [4.69, 9.17) is 0 Å². The molecule has 114 valence electrons. The zero-order valence-electron chi connectivity index (χ0n) is 12.8. The van der Waals surface area contributed by atoms with Crippen LogP contribution in [0, 0.1) is 0 Å². The SMILES string of the molecule is CC[n+]1c(C=CC=C2Nc3ccccc3S2)sc2ccccc21. The van der Waals surface area contributed by atoms with E-state index in [2.05, 4.69) is 83.6 Å². The molecule has 0 aliphatic carbocycles. The smallest absolute Gasteiger partial charge is 0.262 e. The summed E-state index contributed by atoms with van der Waals surface area (Å²) >= 11 is 3.62. The summed E-state index contributed by atoms with van der Waals surface area (Å²) in [6.45, 7) is 3.18. The number of nitrogens with zero attached hydrogens (tertiary/aromatic N) is 1. The Morgan fingerprint density at radius 1 is 1.09 bits per heavy atom. The zero-order valence-corrected chi connectivity index (χ0v) is 14.5. The normalized spacial score (nSPS) is 15.4. The minimum atomic E-state index is 0.985. The molecule has 4 heteroatoms. The summed E-state index contributed by atoms with van der Waals surface area (Å²) < 4.78 is 3.70. The van der Waals surface area contributed by atoms with Gasteiger partial charge >= 0.3 is 0 Å². The van der Waals surface area contributed by atoms with Crippen molar-refractivity contribution in [1.29, 1.82) is 0 Å². The number of thioether (sulfide) groups is 1. The van der Waals surface area contributed by atoms with Crippen molar-refractivity contribution >= 4 is 45.1 Å². The van der Waals surface area contributed by atoms with Gasteiger partial charge in [0.25, 0.3) is 5.01 Å². The third-order valence-corrected chi connectivity index (χ3v) is 5.97. The van der Waals surface area contributed by atoms with Crippen LogP contribution in [0.4, 0.5) is 5.69 Å². The second-order valence-electron chi connectivity index (χ2n) is 5.27. The van der Waals surface area contributed by atoms with Gasteiger partial charge in [-0.05, 0) is 31.2 Å². The topological polar surface area (TPSA) is 15.9 Å². The first-order valence-corrected chi connectivity index (χ1v) is 9.32. The van der Waals surface area contributed by atoms with Gasteiger partial charge in [0.15, 0.2) is 0 Å². The van der Waals surface area contributed by atoms with E-state index in [-0.39, 0.29) is 0 Å². The van der Waals surface area contributed by atoms with E-state index in [9.17, 15) is 0 Å². The Balaban J connectivity index is 1.59. The van der Waals surface area contributed by atoms with Crippen LogP contribution in [-0.4, -0.2) is 0 Å². The van der Waals surface area contributed by atoms with Gasteiger partial charge in [0.05, 0.1) is 10.7 Å². The maximum absolute atomic E-state index is 3.45. The van der Waals surface area contributed by atoms with Crippen LogP contribution in [-0.2, 0) is 6.54 Å². The van der Waals surface area contributed by atoms with Gasteiger partial charge in [-0.2, -0.15) is 4.57 Å². The Hall–Kier alpha value is -2.04. The molecule has 0 radical (unpaired) electrons. The predicted molar refractivity (Wildman–Crippen MR) is 101 cm³/mol. The predicted octanol–water partition coefficient (Wildman–Crippen LogP) is 5.28. The van der Waals surface area contributed by atoms with Crippen LogP contribution in [0.5, 0.6) is 0 Å². The molecule has 4 rings (SSSR count). The molecule has 0 atom stereocenters.